The summed E-state index contributed by atoms with van der Waals surface area (Å²) in [5, 5.41) is 5.93. The molecule has 0 radical (unpaired) electrons. The number of sulfonamides is 1. The van der Waals surface area contributed by atoms with Gasteiger partial charge in [0.1, 0.15) is 0 Å². The van der Waals surface area contributed by atoms with Gasteiger partial charge in [-0.15, -0.1) is 0 Å². The van der Waals surface area contributed by atoms with Crippen LogP contribution in [0, 0.1) is 0 Å². The van der Waals surface area contributed by atoms with E-state index in [1.165, 1.54) is 24.3 Å². The molecule has 0 saturated carbocycles. The highest BCUT2D eigenvalue weighted by Crippen LogP contribution is 2.17. The zero-order valence-electron chi connectivity index (χ0n) is 16.5. The van der Waals surface area contributed by atoms with Gasteiger partial charge in [-0.2, -0.15) is 0 Å². The van der Waals surface area contributed by atoms with Crippen LogP contribution in [-0.2, 0) is 14.8 Å². The monoisotopic (exact) mass is 437 g/mol. The Morgan fingerprint density at radius 2 is 1.62 bits per heavy atom. The summed E-state index contributed by atoms with van der Waals surface area (Å²) in [6.45, 7) is 5.49. The van der Waals surface area contributed by atoms with Crippen molar-refractivity contribution in [1.29, 1.82) is 0 Å². The molecule has 0 heterocycles. The number of halogens is 1. The number of benzene rings is 2. The number of hydrogen-bond donors (Lipinski definition) is 3. The van der Waals surface area contributed by atoms with Crippen LogP contribution in [0.2, 0.25) is 5.02 Å². The van der Waals surface area contributed by atoms with Gasteiger partial charge < -0.3 is 10.6 Å². The Balaban J connectivity index is 1.96. The van der Waals surface area contributed by atoms with Crippen molar-refractivity contribution in [3.63, 3.8) is 0 Å². The molecular weight excluding hydrogens is 414 g/mol. The molecule has 2 rings (SSSR count). The lowest BCUT2D eigenvalue weighted by molar-refractivity contribution is -0.116. The van der Waals surface area contributed by atoms with Crippen molar-refractivity contribution < 1.29 is 18.0 Å². The minimum Gasteiger partial charge on any atom is -0.347 e. The molecule has 0 aliphatic heterocycles. The first-order valence-electron chi connectivity index (χ1n) is 8.94. The second-order valence-electron chi connectivity index (χ2n) is 7.40. The van der Waals surface area contributed by atoms with E-state index >= 15 is 0 Å². The van der Waals surface area contributed by atoms with Gasteiger partial charge in [0.05, 0.1) is 16.1 Å². The van der Waals surface area contributed by atoms with Crippen LogP contribution in [0.5, 0.6) is 0 Å². The van der Waals surface area contributed by atoms with Crippen molar-refractivity contribution in [1.82, 2.24) is 10.0 Å². The fourth-order valence-electron chi connectivity index (χ4n) is 2.41. The topological polar surface area (TPSA) is 104 Å². The summed E-state index contributed by atoms with van der Waals surface area (Å²) in [5.41, 5.74) is 0.269. The third kappa shape index (κ3) is 7.16. The summed E-state index contributed by atoms with van der Waals surface area (Å²) >= 11 is 5.76. The number of carbonyl (C=O) groups excluding carboxylic acids is 2. The van der Waals surface area contributed by atoms with Gasteiger partial charge in [0.2, 0.25) is 15.9 Å². The van der Waals surface area contributed by atoms with Gasteiger partial charge in [-0.05, 0) is 57.2 Å². The zero-order valence-corrected chi connectivity index (χ0v) is 18.0. The van der Waals surface area contributed by atoms with E-state index in [4.69, 9.17) is 11.6 Å². The number of amides is 2. The standard InChI is InChI=1S/C20H24ClN3O4S/c1-20(2,3)24-19(26)16-6-4-5-7-17(16)23-18(25)12-13-22-29(27,28)15-10-8-14(21)9-11-15/h4-11,22H,12-13H2,1-3H3,(H,23,25)(H,24,26). The van der Waals surface area contributed by atoms with Gasteiger partial charge >= 0.3 is 0 Å². The average Bonchev–Trinajstić information content (AvgIpc) is 2.61. The number of para-hydroxylation sites is 1. The molecule has 2 aromatic rings. The normalized spacial score (nSPS) is 11.7. The minimum atomic E-state index is -3.74. The van der Waals surface area contributed by atoms with E-state index in [-0.39, 0.29) is 23.8 Å². The van der Waals surface area contributed by atoms with Crippen LogP contribution in [-0.4, -0.2) is 32.3 Å². The Labute approximate surface area is 175 Å². The first-order valence-corrected chi connectivity index (χ1v) is 10.8. The highest BCUT2D eigenvalue weighted by atomic mass is 35.5. The molecule has 7 nitrogen and oxygen atoms in total. The third-order valence-corrected chi connectivity index (χ3v) is 5.43. The maximum atomic E-state index is 12.4. The second kappa shape index (κ2) is 9.39. The molecule has 0 bridgehead atoms. The van der Waals surface area contributed by atoms with Gasteiger partial charge in [-0.25, -0.2) is 13.1 Å². The van der Waals surface area contributed by atoms with Crippen molar-refractivity contribution >= 4 is 39.1 Å². The van der Waals surface area contributed by atoms with E-state index in [9.17, 15) is 18.0 Å². The number of nitrogens with one attached hydrogen (secondary N) is 3. The van der Waals surface area contributed by atoms with Crippen LogP contribution in [0.4, 0.5) is 5.69 Å². The fraction of sp³-hybridized carbons (Fsp3) is 0.300. The highest BCUT2D eigenvalue weighted by molar-refractivity contribution is 7.89. The van der Waals surface area contributed by atoms with Crippen LogP contribution in [0.25, 0.3) is 0 Å². The van der Waals surface area contributed by atoms with Crippen LogP contribution in [0.3, 0.4) is 0 Å². The molecule has 0 aromatic heterocycles. The highest BCUT2D eigenvalue weighted by Gasteiger charge is 2.19. The maximum absolute atomic E-state index is 12.4. The fourth-order valence-corrected chi connectivity index (χ4v) is 3.56. The summed E-state index contributed by atoms with van der Waals surface area (Å²) < 4.78 is 26.8. The predicted octanol–water partition coefficient (Wildman–Crippen LogP) is 3.18. The smallest absolute Gasteiger partial charge is 0.253 e. The van der Waals surface area contributed by atoms with Gasteiger partial charge in [-0.3, -0.25) is 9.59 Å². The molecule has 0 aliphatic rings. The van der Waals surface area contributed by atoms with Gasteiger partial charge in [-0.1, -0.05) is 23.7 Å². The van der Waals surface area contributed by atoms with Crippen molar-refractivity contribution in [2.75, 3.05) is 11.9 Å². The summed E-state index contributed by atoms with van der Waals surface area (Å²) in [6.07, 6.45) is -0.0952. The Kier molecular flexibility index (Phi) is 7.40. The SMILES string of the molecule is CC(C)(C)NC(=O)c1ccccc1NC(=O)CCNS(=O)(=O)c1ccc(Cl)cc1. The van der Waals surface area contributed by atoms with Crippen LogP contribution < -0.4 is 15.4 Å². The lowest BCUT2D eigenvalue weighted by Gasteiger charge is -2.21. The van der Waals surface area contributed by atoms with E-state index in [2.05, 4.69) is 15.4 Å². The first kappa shape index (κ1) is 22.9. The van der Waals surface area contributed by atoms with Gasteiger partial charge in [0.15, 0.2) is 0 Å². The summed E-state index contributed by atoms with van der Waals surface area (Å²) in [6, 6.07) is 12.3. The molecule has 156 valence electrons. The minimum absolute atomic E-state index is 0.0616. The molecule has 2 amide bonds. The van der Waals surface area contributed by atoms with E-state index in [0.29, 0.717) is 16.3 Å². The van der Waals surface area contributed by atoms with Gasteiger partial charge in [0, 0.05) is 23.5 Å². The average molecular weight is 438 g/mol. The Morgan fingerprint density at radius 1 is 1.00 bits per heavy atom. The lowest BCUT2D eigenvalue weighted by atomic mass is 10.1. The molecule has 0 saturated heterocycles. The predicted molar refractivity (Wildman–Crippen MR) is 114 cm³/mol. The van der Waals surface area contributed by atoms with Crippen LogP contribution >= 0.6 is 11.6 Å². The molecule has 0 spiro atoms. The number of anilines is 1. The number of rotatable bonds is 7. The van der Waals surface area contributed by atoms with Crippen LogP contribution in [0.1, 0.15) is 37.6 Å². The summed E-state index contributed by atoms with van der Waals surface area (Å²) in [4.78, 5) is 24.7. The molecular formula is C20H24ClN3O4S. The summed E-state index contributed by atoms with van der Waals surface area (Å²) in [7, 11) is -3.74. The molecule has 0 fully saturated rings. The molecule has 9 heteroatoms. The molecule has 29 heavy (non-hydrogen) atoms. The van der Waals surface area contributed by atoms with Crippen molar-refractivity contribution in [2.45, 2.75) is 37.6 Å². The van der Waals surface area contributed by atoms with Crippen LogP contribution in [0.15, 0.2) is 53.4 Å². The summed E-state index contributed by atoms with van der Waals surface area (Å²) in [5.74, 6) is -0.725. The van der Waals surface area contributed by atoms with Crippen molar-refractivity contribution in [3.8, 4) is 0 Å². The zero-order chi connectivity index (χ0) is 21.7. The Bertz CT molecular complexity index is 984. The largest absolute Gasteiger partial charge is 0.347 e. The Hall–Kier alpha value is -2.42. The van der Waals surface area contributed by atoms with Crippen molar-refractivity contribution in [2.24, 2.45) is 0 Å². The second-order valence-corrected chi connectivity index (χ2v) is 9.60. The Morgan fingerprint density at radius 3 is 2.24 bits per heavy atom. The molecule has 0 atom stereocenters. The van der Waals surface area contributed by atoms with E-state index in [1.807, 2.05) is 20.8 Å². The first-order chi connectivity index (χ1) is 13.5. The quantitative estimate of drug-likeness (QED) is 0.618. The lowest BCUT2D eigenvalue weighted by Crippen LogP contribution is -2.40. The van der Waals surface area contributed by atoms with E-state index in [1.54, 1.807) is 24.3 Å². The van der Waals surface area contributed by atoms with E-state index in [0.717, 1.165) is 0 Å². The number of carbonyl (C=O) groups is 2. The van der Waals surface area contributed by atoms with E-state index < -0.39 is 21.5 Å². The third-order valence-electron chi connectivity index (χ3n) is 3.70. The maximum Gasteiger partial charge on any atom is 0.253 e. The molecule has 3 N–H and O–H groups in total. The molecule has 0 aliphatic carbocycles. The number of hydrogen-bond acceptors (Lipinski definition) is 4. The molecule has 2 aromatic carbocycles. The molecule has 0 unspecified atom stereocenters. The van der Waals surface area contributed by atoms with Gasteiger partial charge in [0.25, 0.3) is 5.91 Å². The van der Waals surface area contributed by atoms with Crippen molar-refractivity contribution in [3.05, 3.63) is 59.1 Å².